The van der Waals surface area contributed by atoms with Crippen molar-refractivity contribution in [2.24, 2.45) is 0 Å². The van der Waals surface area contributed by atoms with Crippen LogP contribution in [0.3, 0.4) is 0 Å². The van der Waals surface area contributed by atoms with Crippen LogP contribution in [-0.4, -0.2) is 36.5 Å². The summed E-state index contributed by atoms with van der Waals surface area (Å²) in [4.78, 5) is 4.44. The van der Waals surface area contributed by atoms with Gasteiger partial charge in [-0.05, 0) is 30.7 Å². The lowest BCUT2D eigenvalue weighted by atomic mass is 10.0. The van der Waals surface area contributed by atoms with Crippen LogP contribution in [0.5, 0.6) is 0 Å². The summed E-state index contributed by atoms with van der Waals surface area (Å²) in [6, 6.07) is 16.1. The molecule has 4 nitrogen and oxygen atoms in total. The predicted molar refractivity (Wildman–Crippen MR) is 83.0 cm³/mol. The molecule has 0 aliphatic heterocycles. The summed E-state index contributed by atoms with van der Waals surface area (Å²) in [5.41, 5.74) is 2.14. The van der Waals surface area contributed by atoms with E-state index in [1.54, 1.807) is 13.3 Å². The van der Waals surface area contributed by atoms with Crippen molar-refractivity contribution in [3.63, 3.8) is 0 Å². The molecule has 0 saturated heterocycles. The van der Waals surface area contributed by atoms with Gasteiger partial charge in [-0.2, -0.15) is 0 Å². The van der Waals surface area contributed by atoms with E-state index in [-0.39, 0.29) is 6.04 Å². The van der Waals surface area contributed by atoms with Crippen molar-refractivity contribution in [1.82, 2.24) is 10.3 Å². The second-order valence-electron chi connectivity index (χ2n) is 4.95. The summed E-state index contributed by atoms with van der Waals surface area (Å²) in [5.74, 6) is 0. The molecule has 2 N–H and O–H groups in total. The van der Waals surface area contributed by atoms with Gasteiger partial charge in [0.05, 0.1) is 24.4 Å². The molecule has 0 saturated carbocycles. The molecule has 0 bridgehead atoms. The van der Waals surface area contributed by atoms with E-state index in [0.29, 0.717) is 19.6 Å². The lowest BCUT2D eigenvalue weighted by Crippen LogP contribution is -2.28. The summed E-state index contributed by atoms with van der Waals surface area (Å²) in [6.45, 7) is 1.06. The maximum atomic E-state index is 9.72. The van der Waals surface area contributed by atoms with Gasteiger partial charge < -0.3 is 15.2 Å². The van der Waals surface area contributed by atoms with E-state index in [2.05, 4.69) is 22.4 Å². The number of nitrogens with zero attached hydrogens (tertiary/aromatic N) is 1. The molecule has 112 valence electrons. The summed E-state index contributed by atoms with van der Waals surface area (Å²) in [6.07, 6.45) is 2.00. The smallest absolute Gasteiger partial charge is 0.0785 e. The Morgan fingerprint density at radius 3 is 2.57 bits per heavy atom. The van der Waals surface area contributed by atoms with Crippen molar-refractivity contribution in [3.05, 3.63) is 66.0 Å². The molecule has 0 fully saturated rings. The van der Waals surface area contributed by atoms with Crippen molar-refractivity contribution >= 4 is 0 Å². The molecule has 1 heterocycles. The second kappa shape index (κ2) is 8.52. The number of aliphatic hydroxyl groups is 1. The van der Waals surface area contributed by atoms with Crippen LogP contribution >= 0.6 is 0 Å². The lowest BCUT2D eigenvalue weighted by Gasteiger charge is -2.20. The van der Waals surface area contributed by atoms with E-state index >= 15 is 0 Å². The lowest BCUT2D eigenvalue weighted by molar-refractivity contribution is 0.0591. The minimum Gasteiger partial charge on any atom is -0.391 e. The Kier molecular flexibility index (Phi) is 6.34. The number of aliphatic hydroxyl groups excluding tert-OH is 1. The summed E-state index contributed by atoms with van der Waals surface area (Å²) < 4.78 is 4.94. The highest BCUT2D eigenvalue weighted by molar-refractivity contribution is 5.27. The summed E-state index contributed by atoms with van der Waals surface area (Å²) in [5, 5.41) is 13.2. The molecule has 1 aromatic carbocycles. The van der Waals surface area contributed by atoms with Gasteiger partial charge in [0.15, 0.2) is 0 Å². The van der Waals surface area contributed by atoms with Crippen LogP contribution in [0.4, 0.5) is 0 Å². The minimum atomic E-state index is -0.442. The monoisotopic (exact) mass is 286 g/mol. The van der Waals surface area contributed by atoms with Crippen LogP contribution in [-0.2, 0) is 4.74 Å². The number of rotatable bonds is 8. The average molecular weight is 286 g/mol. The molecule has 21 heavy (non-hydrogen) atoms. The maximum absolute atomic E-state index is 9.72. The zero-order valence-corrected chi connectivity index (χ0v) is 12.3. The highest BCUT2D eigenvalue weighted by atomic mass is 16.5. The number of hydrogen-bond acceptors (Lipinski definition) is 4. The van der Waals surface area contributed by atoms with Gasteiger partial charge in [0.25, 0.3) is 0 Å². The van der Waals surface area contributed by atoms with Gasteiger partial charge in [-0.1, -0.05) is 36.4 Å². The summed E-state index contributed by atoms with van der Waals surface area (Å²) in [7, 11) is 1.59. The molecular weight excluding hydrogens is 264 g/mol. The Labute approximate surface area is 125 Å². The third-order valence-electron chi connectivity index (χ3n) is 3.30. The first-order chi connectivity index (χ1) is 10.3. The first kappa shape index (κ1) is 15.6. The number of nitrogens with one attached hydrogen (secondary N) is 1. The number of hydrogen-bond donors (Lipinski definition) is 2. The van der Waals surface area contributed by atoms with Crippen molar-refractivity contribution < 1.29 is 9.84 Å². The Morgan fingerprint density at radius 2 is 1.90 bits per heavy atom. The van der Waals surface area contributed by atoms with Crippen molar-refractivity contribution in [2.45, 2.75) is 18.6 Å². The van der Waals surface area contributed by atoms with Crippen LogP contribution in [0, 0.1) is 0 Å². The quantitative estimate of drug-likeness (QED) is 0.781. The number of benzene rings is 1. The van der Waals surface area contributed by atoms with E-state index in [4.69, 9.17) is 4.74 Å². The van der Waals surface area contributed by atoms with E-state index in [1.807, 2.05) is 36.4 Å². The first-order valence-electron chi connectivity index (χ1n) is 7.17. The highest BCUT2D eigenvalue weighted by Gasteiger charge is 2.14. The standard InChI is InChI=1S/C17H22N2O2/c1-21-13-15(20)10-12-19-17(14-7-3-2-4-8-14)16-9-5-6-11-18-16/h2-9,11,15,17,19-20H,10,12-13H2,1H3. The topological polar surface area (TPSA) is 54.4 Å². The van der Waals surface area contributed by atoms with Gasteiger partial charge in [-0.3, -0.25) is 4.98 Å². The van der Waals surface area contributed by atoms with Crippen LogP contribution < -0.4 is 5.32 Å². The molecule has 2 aromatic rings. The third kappa shape index (κ3) is 4.93. The number of aromatic nitrogens is 1. The Balaban J connectivity index is 2.04. The molecule has 0 spiro atoms. The van der Waals surface area contributed by atoms with Crippen molar-refractivity contribution in [1.29, 1.82) is 0 Å². The molecule has 1 aromatic heterocycles. The van der Waals surface area contributed by atoms with Gasteiger partial charge in [-0.15, -0.1) is 0 Å². The van der Waals surface area contributed by atoms with E-state index in [1.165, 1.54) is 0 Å². The first-order valence-corrected chi connectivity index (χ1v) is 7.17. The van der Waals surface area contributed by atoms with Gasteiger partial charge in [0, 0.05) is 13.3 Å². The molecule has 2 rings (SSSR count). The van der Waals surface area contributed by atoms with Gasteiger partial charge >= 0.3 is 0 Å². The number of methoxy groups -OCH3 is 1. The van der Waals surface area contributed by atoms with Crippen LogP contribution in [0.25, 0.3) is 0 Å². The molecule has 2 atom stereocenters. The Hall–Kier alpha value is -1.75. The number of ether oxygens (including phenoxy) is 1. The predicted octanol–water partition coefficient (Wildman–Crippen LogP) is 2.16. The molecule has 0 radical (unpaired) electrons. The normalized spacial score (nSPS) is 13.8. The SMILES string of the molecule is COCC(O)CCNC(c1ccccc1)c1ccccn1. The van der Waals surface area contributed by atoms with Gasteiger partial charge in [0.2, 0.25) is 0 Å². The molecule has 0 amide bonds. The number of pyridine rings is 1. The maximum Gasteiger partial charge on any atom is 0.0785 e. The molecule has 0 aliphatic carbocycles. The molecular formula is C17H22N2O2. The van der Waals surface area contributed by atoms with Crippen molar-refractivity contribution in [2.75, 3.05) is 20.3 Å². The van der Waals surface area contributed by atoms with Crippen LogP contribution in [0.2, 0.25) is 0 Å². The largest absolute Gasteiger partial charge is 0.391 e. The third-order valence-corrected chi connectivity index (χ3v) is 3.30. The molecule has 4 heteroatoms. The fraction of sp³-hybridized carbons (Fsp3) is 0.353. The van der Waals surface area contributed by atoms with Crippen molar-refractivity contribution in [3.8, 4) is 0 Å². The fourth-order valence-electron chi connectivity index (χ4n) is 2.26. The van der Waals surface area contributed by atoms with E-state index in [9.17, 15) is 5.11 Å². The Morgan fingerprint density at radius 1 is 1.14 bits per heavy atom. The molecule has 0 aliphatic rings. The Bertz CT molecular complexity index is 465. The highest BCUT2D eigenvalue weighted by Crippen LogP contribution is 2.19. The van der Waals surface area contributed by atoms with Gasteiger partial charge in [-0.25, -0.2) is 0 Å². The minimum absolute atomic E-state index is 0.0298. The molecule has 2 unspecified atom stereocenters. The average Bonchev–Trinajstić information content (AvgIpc) is 2.53. The zero-order chi connectivity index (χ0) is 14.9. The zero-order valence-electron chi connectivity index (χ0n) is 12.3. The fourth-order valence-corrected chi connectivity index (χ4v) is 2.26. The van der Waals surface area contributed by atoms with E-state index < -0.39 is 6.10 Å². The van der Waals surface area contributed by atoms with Crippen LogP contribution in [0.15, 0.2) is 54.7 Å². The van der Waals surface area contributed by atoms with Gasteiger partial charge in [0.1, 0.15) is 0 Å². The van der Waals surface area contributed by atoms with E-state index in [0.717, 1.165) is 11.3 Å². The van der Waals surface area contributed by atoms with Crippen LogP contribution in [0.1, 0.15) is 23.7 Å². The second-order valence-corrected chi connectivity index (χ2v) is 4.95. The summed E-state index contributed by atoms with van der Waals surface area (Å²) >= 11 is 0.